The summed E-state index contributed by atoms with van der Waals surface area (Å²) in [4.78, 5) is 4.06. The summed E-state index contributed by atoms with van der Waals surface area (Å²) in [5, 5.41) is 18.5. The Morgan fingerprint density at radius 2 is 1.88 bits per heavy atom. The lowest BCUT2D eigenvalue weighted by molar-refractivity contribution is 0.712. The van der Waals surface area contributed by atoms with Gasteiger partial charge in [-0.2, -0.15) is 5.26 Å². The predicted octanol–water partition coefficient (Wildman–Crippen LogP) is 3.64. The first-order chi connectivity index (χ1) is 11.8. The first-order valence-electron chi connectivity index (χ1n) is 7.68. The highest BCUT2D eigenvalue weighted by Gasteiger charge is 2.15. The molecule has 0 bridgehead atoms. The van der Waals surface area contributed by atoms with Crippen LogP contribution in [0, 0.1) is 17.2 Å². The summed E-state index contributed by atoms with van der Waals surface area (Å²) in [6.07, 6.45) is 3.50. The highest BCUT2D eigenvalue weighted by Crippen LogP contribution is 2.26. The number of aromatic nitrogens is 4. The largest absolute Gasteiger partial charge is 0.298 e. The van der Waals surface area contributed by atoms with E-state index in [1.54, 1.807) is 24.2 Å². The molecule has 0 radical (unpaired) electrons. The molecule has 0 N–H and O–H groups in total. The Bertz CT molecular complexity index is 824. The highest BCUT2D eigenvalue weighted by molar-refractivity contribution is 7.99. The van der Waals surface area contributed by atoms with Crippen molar-refractivity contribution in [1.29, 1.82) is 5.26 Å². The van der Waals surface area contributed by atoms with E-state index in [1.165, 1.54) is 5.56 Å². The van der Waals surface area contributed by atoms with Crippen LogP contribution in [-0.2, 0) is 6.54 Å². The van der Waals surface area contributed by atoms with Gasteiger partial charge in [0.15, 0.2) is 11.0 Å². The predicted molar refractivity (Wildman–Crippen MR) is 94.3 cm³/mol. The van der Waals surface area contributed by atoms with Crippen molar-refractivity contribution < 1.29 is 0 Å². The molecule has 2 aromatic heterocycles. The maximum Gasteiger partial charge on any atom is 0.191 e. The van der Waals surface area contributed by atoms with Gasteiger partial charge in [-0.25, -0.2) is 0 Å². The molecule has 1 aromatic carbocycles. The third-order valence-electron chi connectivity index (χ3n) is 3.52. The van der Waals surface area contributed by atoms with Gasteiger partial charge in [0.1, 0.15) is 0 Å². The summed E-state index contributed by atoms with van der Waals surface area (Å²) >= 11 is 1.57. The Balaban J connectivity index is 1.94. The molecule has 2 heterocycles. The van der Waals surface area contributed by atoms with E-state index in [1.807, 2.05) is 37.3 Å². The van der Waals surface area contributed by atoms with Crippen LogP contribution in [-0.4, -0.2) is 25.5 Å². The van der Waals surface area contributed by atoms with Crippen LogP contribution in [0.4, 0.5) is 0 Å². The number of hydrogen-bond acceptors (Lipinski definition) is 5. The summed E-state index contributed by atoms with van der Waals surface area (Å²) in [5.41, 5.74) is 2.16. The molecule has 120 valence electrons. The molecule has 6 heteroatoms. The van der Waals surface area contributed by atoms with Crippen LogP contribution in [0.2, 0.25) is 0 Å². The molecule has 0 saturated heterocycles. The van der Waals surface area contributed by atoms with Crippen molar-refractivity contribution in [3.05, 3.63) is 60.4 Å². The smallest absolute Gasteiger partial charge is 0.191 e. The molecule has 0 aliphatic heterocycles. The van der Waals surface area contributed by atoms with E-state index in [0.717, 1.165) is 16.5 Å². The SMILES string of the molecule is C[C@H](C#N)CSc1nnc(-c2ccncc2)n1Cc1ccccc1. The minimum atomic E-state index is -0.0266. The van der Waals surface area contributed by atoms with Crippen molar-refractivity contribution in [2.24, 2.45) is 5.92 Å². The summed E-state index contributed by atoms with van der Waals surface area (Å²) in [6, 6.07) is 16.3. The molecule has 0 unspecified atom stereocenters. The van der Waals surface area contributed by atoms with Crippen molar-refractivity contribution in [3.8, 4) is 17.5 Å². The fraction of sp³-hybridized carbons (Fsp3) is 0.222. The van der Waals surface area contributed by atoms with Crippen LogP contribution >= 0.6 is 11.8 Å². The lowest BCUT2D eigenvalue weighted by Gasteiger charge is -2.10. The second-order valence-corrected chi connectivity index (χ2v) is 6.44. The minimum absolute atomic E-state index is 0.0266. The van der Waals surface area contributed by atoms with E-state index in [9.17, 15) is 0 Å². The molecule has 5 nitrogen and oxygen atoms in total. The molecular formula is C18H17N5S. The minimum Gasteiger partial charge on any atom is -0.298 e. The number of rotatable bonds is 6. The van der Waals surface area contributed by atoms with Crippen molar-refractivity contribution in [2.75, 3.05) is 5.75 Å². The van der Waals surface area contributed by atoms with Gasteiger partial charge in [-0.05, 0) is 24.6 Å². The first kappa shape index (κ1) is 16.2. The average molecular weight is 335 g/mol. The summed E-state index contributed by atoms with van der Waals surface area (Å²) in [7, 11) is 0. The third kappa shape index (κ3) is 3.81. The molecule has 3 rings (SSSR count). The monoisotopic (exact) mass is 335 g/mol. The van der Waals surface area contributed by atoms with E-state index in [4.69, 9.17) is 5.26 Å². The molecule has 0 aliphatic rings. The maximum absolute atomic E-state index is 8.99. The Labute approximate surface area is 145 Å². The molecule has 1 atom stereocenters. The van der Waals surface area contributed by atoms with E-state index < -0.39 is 0 Å². The summed E-state index contributed by atoms with van der Waals surface area (Å²) < 4.78 is 2.10. The van der Waals surface area contributed by atoms with Crippen LogP contribution in [0.25, 0.3) is 11.4 Å². The fourth-order valence-electron chi connectivity index (χ4n) is 2.26. The molecule has 0 fully saturated rings. The molecule has 0 saturated carbocycles. The third-order valence-corrected chi connectivity index (χ3v) is 4.75. The van der Waals surface area contributed by atoms with Gasteiger partial charge in [0.25, 0.3) is 0 Å². The standard InChI is InChI=1S/C18H17N5S/c1-14(11-19)13-24-18-22-21-17(16-7-9-20-10-8-16)23(18)12-15-5-3-2-4-6-15/h2-10,14H,12-13H2,1H3/t14-/m1/s1. The van der Waals surface area contributed by atoms with Crippen LogP contribution in [0.15, 0.2) is 60.0 Å². The number of benzene rings is 1. The zero-order valence-corrected chi connectivity index (χ0v) is 14.1. The van der Waals surface area contributed by atoms with Crippen LogP contribution in [0.3, 0.4) is 0 Å². The van der Waals surface area contributed by atoms with Gasteiger partial charge in [-0.3, -0.25) is 9.55 Å². The number of pyridine rings is 1. The molecule has 3 aromatic rings. The van der Waals surface area contributed by atoms with Gasteiger partial charge in [0.2, 0.25) is 0 Å². The van der Waals surface area contributed by atoms with Crippen LogP contribution in [0.5, 0.6) is 0 Å². The molecule has 0 spiro atoms. The zero-order valence-electron chi connectivity index (χ0n) is 13.3. The second kappa shape index (κ2) is 7.75. The van der Waals surface area contributed by atoms with Gasteiger partial charge < -0.3 is 0 Å². The number of thioether (sulfide) groups is 1. The number of nitrogens with zero attached hydrogens (tertiary/aromatic N) is 5. The highest BCUT2D eigenvalue weighted by atomic mass is 32.2. The Morgan fingerprint density at radius 1 is 1.12 bits per heavy atom. The normalized spacial score (nSPS) is 11.8. The lowest BCUT2D eigenvalue weighted by Crippen LogP contribution is -2.05. The molecule has 0 amide bonds. The summed E-state index contributed by atoms with van der Waals surface area (Å²) in [6.45, 7) is 2.60. The van der Waals surface area contributed by atoms with Crippen molar-refractivity contribution in [1.82, 2.24) is 19.7 Å². The van der Waals surface area contributed by atoms with Gasteiger partial charge in [0, 0.05) is 23.7 Å². The van der Waals surface area contributed by atoms with E-state index >= 15 is 0 Å². The van der Waals surface area contributed by atoms with E-state index in [0.29, 0.717) is 12.3 Å². The van der Waals surface area contributed by atoms with E-state index in [2.05, 4.69) is 38.0 Å². The number of hydrogen-bond donors (Lipinski definition) is 0. The fourth-order valence-corrected chi connectivity index (χ4v) is 3.13. The van der Waals surface area contributed by atoms with Gasteiger partial charge in [-0.1, -0.05) is 42.1 Å². The topological polar surface area (TPSA) is 67.4 Å². The average Bonchev–Trinajstić information content (AvgIpc) is 3.04. The number of nitriles is 1. The van der Waals surface area contributed by atoms with Gasteiger partial charge in [0.05, 0.1) is 18.5 Å². The molecule has 24 heavy (non-hydrogen) atoms. The van der Waals surface area contributed by atoms with Crippen molar-refractivity contribution >= 4 is 11.8 Å². The summed E-state index contributed by atoms with van der Waals surface area (Å²) in [5.74, 6) is 1.48. The Morgan fingerprint density at radius 3 is 2.58 bits per heavy atom. The molecule has 0 aliphatic carbocycles. The first-order valence-corrected chi connectivity index (χ1v) is 8.66. The van der Waals surface area contributed by atoms with Gasteiger partial charge in [-0.15, -0.1) is 10.2 Å². The van der Waals surface area contributed by atoms with Crippen molar-refractivity contribution in [3.63, 3.8) is 0 Å². The Kier molecular flexibility index (Phi) is 5.24. The van der Waals surface area contributed by atoms with Gasteiger partial charge >= 0.3 is 0 Å². The lowest BCUT2D eigenvalue weighted by atomic mass is 10.2. The van der Waals surface area contributed by atoms with Crippen LogP contribution in [0.1, 0.15) is 12.5 Å². The second-order valence-electron chi connectivity index (χ2n) is 5.45. The zero-order chi connectivity index (χ0) is 16.8. The molecular weight excluding hydrogens is 318 g/mol. The van der Waals surface area contributed by atoms with Crippen molar-refractivity contribution in [2.45, 2.75) is 18.6 Å². The van der Waals surface area contributed by atoms with E-state index in [-0.39, 0.29) is 5.92 Å². The van der Waals surface area contributed by atoms with Crippen LogP contribution < -0.4 is 0 Å². The Hall–Kier alpha value is -2.65. The quantitative estimate of drug-likeness (QED) is 0.643. The maximum atomic E-state index is 8.99.